The van der Waals surface area contributed by atoms with Gasteiger partial charge in [-0.1, -0.05) is 18.2 Å². The summed E-state index contributed by atoms with van der Waals surface area (Å²) in [5.41, 5.74) is 4.66. The first kappa shape index (κ1) is 20.3. The molecule has 0 saturated carbocycles. The summed E-state index contributed by atoms with van der Waals surface area (Å²) in [6.45, 7) is 4.51. The predicted molar refractivity (Wildman–Crippen MR) is 117 cm³/mol. The molecule has 0 spiro atoms. The van der Waals surface area contributed by atoms with Crippen LogP contribution in [0.1, 0.15) is 29.8 Å². The van der Waals surface area contributed by atoms with Crippen molar-refractivity contribution in [2.75, 3.05) is 27.3 Å². The number of hydrogen-bond acceptors (Lipinski definition) is 4. The molecule has 1 aromatic heterocycles. The summed E-state index contributed by atoms with van der Waals surface area (Å²) in [7, 11) is 3.13. The van der Waals surface area contributed by atoms with Crippen LogP contribution in [0, 0.1) is 12.8 Å². The molecule has 0 atom stereocenters. The highest BCUT2D eigenvalue weighted by atomic mass is 16.5. The number of methoxy groups -OCH3 is 2. The van der Waals surface area contributed by atoms with Gasteiger partial charge in [-0.15, -0.1) is 0 Å². The first-order chi connectivity index (χ1) is 14.6. The molecular formula is C24H29N3O3. The van der Waals surface area contributed by atoms with Gasteiger partial charge in [0.15, 0.2) is 0 Å². The average Bonchev–Trinajstić information content (AvgIpc) is 3.10. The second-order valence-corrected chi connectivity index (χ2v) is 8.06. The zero-order chi connectivity index (χ0) is 21.1. The van der Waals surface area contributed by atoms with Gasteiger partial charge in [-0.2, -0.15) is 0 Å². The number of imidazole rings is 1. The van der Waals surface area contributed by atoms with Crippen molar-refractivity contribution < 1.29 is 14.3 Å². The molecule has 158 valence electrons. The minimum absolute atomic E-state index is 0.225. The number of carbonyl (C=O) groups is 1. The molecule has 30 heavy (non-hydrogen) atoms. The van der Waals surface area contributed by atoms with Crippen molar-refractivity contribution in [3.8, 4) is 5.75 Å². The van der Waals surface area contributed by atoms with Crippen molar-refractivity contribution in [3.05, 3.63) is 59.4 Å². The fraction of sp³-hybridized carbons (Fsp3) is 0.417. The van der Waals surface area contributed by atoms with E-state index in [1.165, 1.54) is 23.8 Å². The third-order valence-corrected chi connectivity index (χ3v) is 5.99. The smallest absolute Gasteiger partial charge is 0.409 e. The van der Waals surface area contributed by atoms with E-state index in [4.69, 9.17) is 14.5 Å². The maximum absolute atomic E-state index is 11.8. The highest BCUT2D eigenvalue weighted by Crippen LogP contribution is 2.26. The number of aryl methyl sites for hydroxylation is 1. The van der Waals surface area contributed by atoms with E-state index in [-0.39, 0.29) is 6.09 Å². The van der Waals surface area contributed by atoms with Crippen LogP contribution < -0.4 is 4.74 Å². The highest BCUT2D eigenvalue weighted by molar-refractivity contribution is 5.77. The zero-order valence-electron chi connectivity index (χ0n) is 17.9. The van der Waals surface area contributed by atoms with Gasteiger partial charge in [-0.25, -0.2) is 9.78 Å². The van der Waals surface area contributed by atoms with Crippen LogP contribution in [0.5, 0.6) is 5.75 Å². The lowest BCUT2D eigenvalue weighted by Gasteiger charge is -2.31. The van der Waals surface area contributed by atoms with Gasteiger partial charge in [0.25, 0.3) is 0 Å². The fourth-order valence-electron chi connectivity index (χ4n) is 4.24. The molecular weight excluding hydrogens is 378 g/mol. The molecule has 1 saturated heterocycles. The number of aromatic nitrogens is 2. The Hall–Kier alpha value is -3.02. The van der Waals surface area contributed by atoms with Crippen molar-refractivity contribution in [1.82, 2.24) is 14.5 Å². The van der Waals surface area contributed by atoms with Gasteiger partial charge >= 0.3 is 6.09 Å². The Balaban J connectivity index is 1.57. The van der Waals surface area contributed by atoms with Crippen molar-refractivity contribution in [2.24, 2.45) is 5.92 Å². The zero-order valence-corrected chi connectivity index (χ0v) is 17.9. The minimum atomic E-state index is -0.225. The van der Waals surface area contributed by atoms with E-state index >= 15 is 0 Å². The lowest BCUT2D eigenvalue weighted by Crippen LogP contribution is -2.39. The summed E-state index contributed by atoms with van der Waals surface area (Å²) in [6.07, 6.45) is 2.50. The Morgan fingerprint density at radius 1 is 1.10 bits per heavy atom. The molecule has 1 aliphatic rings. The van der Waals surface area contributed by atoms with Crippen LogP contribution in [0.3, 0.4) is 0 Å². The van der Waals surface area contributed by atoms with Crippen molar-refractivity contribution in [3.63, 3.8) is 0 Å². The van der Waals surface area contributed by atoms with E-state index < -0.39 is 0 Å². The maximum atomic E-state index is 11.8. The molecule has 3 aromatic rings. The normalized spacial score (nSPS) is 14.8. The maximum Gasteiger partial charge on any atom is 0.409 e. The van der Waals surface area contributed by atoms with E-state index in [1.54, 1.807) is 12.0 Å². The van der Waals surface area contributed by atoms with Gasteiger partial charge in [0.2, 0.25) is 0 Å². The number of benzene rings is 2. The van der Waals surface area contributed by atoms with E-state index in [2.05, 4.69) is 41.8 Å². The van der Waals surface area contributed by atoms with Crippen LogP contribution in [0.4, 0.5) is 4.79 Å². The Morgan fingerprint density at radius 2 is 1.83 bits per heavy atom. The van der Waals surface area contributed by atoms with Crippen LogP contribution in [-0.4, -0.2) is 47.9 Å². The molecule has 1 aliphatic heterocycles. The third kappa shape index (κ3) is 4.27. The Morgan fingerprint density at radius 3 is 2.50 bits per heavy atom. The van der Waals surface area contributed by atoms with Gasteiger partial charge in [0.1, 0.15) is 11.6 Å². The standard InChI is InChI=1S/C24H29N3O3/c1-17-4-9-22-21(14-17)25-23(15-18-5-7-20(29-2)8-6-18)27(22)16-19-10-12-26(13-11-19)24(28)30-3/h4-9,14,19H,10-13,15-16H2,1-3H3. The van der Waals surface area contributed by atoms with Crippen LogP contribution in [0.2, 0.25) is 0 Å². The summed E-state index contributed by atoms with van der Waals surface area (Å²) in [5.74, 6) is 2.45. The number of hydrogen-bond donors (Lipinski definition) is 0. The lowest BCUT2D eigenvalue weighted by molar-refractivity contribution is 0.104. The van der Waals surface area contributed by atoms with Crippen LogP contribution in [0.15, 0.2) is 42.5 Å². The fourth-order valence-corrected chi connectivity index (χ4v) is 4.24. The molecule has 6 nitrogen and oxygen atoms in total. The van der Waals surface area contributed by atoms with Gasteiger partial charge in [-0.05, 0) is 61.1 Å². The molecule has 1 amide bonds. The number of amides is 1. The summed E-state index contributed by atoms with van der Waals surface area (Å²) in [4.78, 5) is 18.6. The largest absolute Gasteiger partial charge is 0.497 e. The topological polar surface area (TPSA) is 56.6 Å². The molecule has 6 heteroatoms. The molecule has 0 radical (unpaired) electrons. The number of rotatable bonds is 5. The number of fused-ring (bicyclic) bond motifs is 1. The SMILES string of the molecule is COC(=O)N1CCC(Cn2c(Cc3ccc(OC)cc3)nc3cc(C)ccc32)CC1. The molecule has 2 aromatic carbocycles. The average molecular weight is 408 g/mol. The quantitative estimate of drug-likeness (QED) is 0.628. The van der Waals surface area contributed by atoms with Gasteiger partial charge in [0, 0.05) is 26.1 Å². The molecule has 0 unspecified atom stereocenters. The number of ether oxygens (including phenoxy) is 2. The van der Waals surface area contributed by atoms with Crippen LogP contribution in [-0.2, 0) is 17.7 Å². The Bertz CT molecular complexity index is 1020. The van der Waals surface area contributed by atoms with Gasteiger partial charge in [0.05, 0.1) is 25.3 Å². The van der Waals surface area contributed by atoms with Crippen LogP contribution in [0.25, 0.3) is 11.0 Å². The van der Waals surface area contributed by atoms with E-state index in [0.29, 0.717) is 5.92 Å². The highest BCUT2D eigenvalue weighted by Gasteiger charge is 2.25. The van der Waals surface area contributed by atoms with E-state index in [0.717, 1.165) is 56.0 Å². The number of likely N-dealkylation sites (tertiary alicyclic amines) is 1. The molecule has 0 N–H and O–H groups in total. The summed E-state index contributed by atoms with van der Waals surface area (Å²) < 4.78 is 12.5. The van der Waals surface area contributed by atoms with Gasteiger partial charge < -0.3 is 18.9 Å². The predicted octanol–water partition coefficient (Wildman–Crippen LogP) is 4.42. The first-order valence-electron chi connectivity index (χ1n) is 10.5. The third-order valence-electron chi connectivity index (χ3n) is 5.99. The molecule has 0 bridgehead atoms. The molecule has 0 aliphatic carbocycles. The van der Waals surface area contributed by atoms with Crippen LogP contribution >= 0.6 is 0 Å². The van der Waals surface area contributed by atoms with E-state index in [1.807, 2.05) is 12.1 Å². The van der Waals surface area contributed by atoms with Crippen molar-refractivity contribution in [2.45, 2.75) is 32.7 Å². The summed E-state index contributed by atoms with van der Waals surface area (Å²) in [5, 5.41) is 0. The second kappa shape index (κ2) is 8.78. The van der Waals surface area contributed by atoms with Crippen molar-refractivity contribution in [1.29, 1.82) is 0 Å². The van der Waals surface area contributed by atoms with E-state index in [9.17, 15) is 4.79 Å². The molecule has 2 heterocycles. The summed E-state index contributed by atoms with van der Waals surface area (Å²) in [6, 6.07) is 14.7. The minimum Gasteiger partial charge on any atom is -0.497 e. The van der Waals surface area contributed by atoms with Gasteiger partial charge in [-0.3, -0.25) is 0 Å². The van der Waals surface area contributed by atoms with Crippen molar-refractivity contribution >= 4 is 17.1 Å². The first-order valence-corrected chi connectivity index (χ1v) is 10.5. The molecule has 1 fully saturated rings. The summed E-state index contributed by atoms with van der Waals surface area (Å²) >= 11 is 0. The monoisotopic (exact) mass is 407 g/mol. The number of piperidine rings is 1. The lowest BCUT2D eigenvalue weighted by atomic mass is 9.96. The Labute approximate surface area is 177 Å². The second-order valence-electron chi connectivity index (χ2n) is 8.06. The number of nitrogens with zero attached hydrogens (tertiary/aromatic N) is 3. The number of carbonyl (C=O) groups excluding carboxylic acids is 1. The Kier molecular flexibility index (Phi) is 5.93. The molecule has 4 rings (SSSR count).